The average molecular weight is 231 g/mol. The highest BCUT2D eigenvalue weighted by molar-refractivity contribution is 7.80. The first-order valence-corrected chi connectivity index (χ1v) is 6.68. The lowest BCUT2D eigenvalue weighted by Gasteiger charge is -2.41. The number of hydrogen-bond donors (Lipinski definition) is 2. The van der Waals surface area contributed by atoms with E-state index in [1.165, 1.54) is 19.3 Å². The lowest BCUT2D eigenvalue weighted by molar-refractivity contribution is 0.0825. The predicted molar refractivity (Wildman–Crippen MR) is 68.5 cm³/mol. The molecule has 1 aliphatic rings. The third-order valence-corrected chi connectivity index (χ3v) is 4.11. The van der Waals surface area contributed by atoms with E-state index in [1.54, 1.807) is 0 Å². The summed E-state index contributed by atoms with van der Waals surface area (Å²) in [5.74, 6) is 0.926. The van der Waals surface area contributed by atoms with Crippen molar-refractivity contribution in [2.24, 2.45) is 5.41 Å². The van der Waals surface area contributed by atoms with Gasteiger partial charge in [-0.2, -0.15) is 12.6 Å². The zero-order valence-electron chi connectivity index (χ0n) is 10.1. The summed E-state index contributed by atoms with van der Waals surface area (Å²) in [7, 11) is 0. The molecule has 1 N–H and O–H groups in total. The molecule has 0 aliphatic heterocycles. The monoisotopic (exact) mass is 231 g/mol. The van der Waals surface area contributed by atoms with Crippen LogP contribution in [0.5, 0.6) is 0 Å². The fourth-order valence-electron chi connectivity index (χ4n) is 2.02. The number of nitrogens with zero attached hydrogens (tertiary/aromatic N) is 1. The summed E-state index contributed by atoms with van der Waals surface area (Å²) < 4.78 is 0. The van der Waals surface area contributed by atoms with Crippen molar-refractivity contribution >= 4 is 12.6 Å². The second kappa shape index (κ2) is 6.12. The Morgan fingerprint density at radius 2 is 2.07 bits per heavy atom. The molecule has 3 heteroatoms. The van der Waals surface area contributed by atoms with Crippen LogP contribution in [-0.4, -0.2) is 41.5 Å². The molecule has 0 saturated heterocycles. The molecule has 0 radical (unpaired) electrons. The minimum Gasteiger partial charge on any atom is -0.396 e. The predicted octanol–water partition coefficient (Wildman–Crippen LogP) is 2.18. The van der Waals surface area contributed by atoms with Gasteiger partial charge in [0.2, 0.25) is 0 Å². The van der Waals surface area contributed by atoms with Crippen LogP contribution in [0.25, 0.3) is 0 Å². The van der Waals surface area contributed by atoms with Crippen molar-refractivity contribution in [3.63, 3.8) is 0 Å². The molecule has 0 aromatic heterocycles. The quantitative estimate of drug-likeness (QED) is 0.656. The van der Waals surface area contributed by atoms with Crippen molar-refractivity contribution in [3.05, 3.63) is 0 Å². The molecule has 2 nitrogen and oxygen atoms in total. The Balaban J connectivity index is 2.40. The summed E-state index contributed by atoms with van der Waals surface area (Å²) in [5.41, 5.74) is 0.286. The van der Waals surface area contributed by atoms with E-state index >= 15 is 0 Å². The average Bonchev–Trinajstić information content (AvgIpc) is 2.11. The lowest BCUT2D eigenvalue weighted by Crippen LogP contribution is -2.46. The molecule has 0 bridgehead atoms. The van der Waals surface area contributed by atoms with Crippen molar-refractivity contribution < 1.29 is 5.11 Å². The highest BCUT2D eigenvalue weighted by Crippen LogP contribution is 2.28. The third-order valence-electron chi connectivity index (χ3n) is 3.25. The van der Waals surface area contributed by atoms with Gasteiger partial charge in [-0.05, 0) is 30.4 Å². The Hall–Kier alpha value is 0.270. The molecular formula is C12H25NOS. The Bertz CT molecular complexity index is 180. The largest absolute Gasteiger partial charge is 0.396 e. The Morgan fingerprint density at radius 1 is 1.40 bits per heavy atom. The lowest BCUT2D eigenvalue weighted by atomic mass is 9.88. The molecule has 0 aromatic carbocycles. The summed E-state index contributed by atoms with van der Waals surface area (Å²) in [5, 5.41) is 8.90. The van der Waals surface area contributed by atoms with Crippen LogP contribution in [0.3, 0.4) is 0 Å². The van der Waals surface area contributed by atoms with Crippen LogP contribution < -0.4 is 0 Å². The van der Waals surface area contributed by atoms with Gasteiger partial charge in [-0.1, -0.05) is 20.3 Å². The number of aliphatic hydroxyl groups is 1. The summed E-state index contributed by atoms with van der Waals surface area (Å²) in [6.07, 6.45) is 4.96. The molecule has 15 heavy (non-hydrogen) atoms. The van der Waals surface area contributed by atoms with E-state index in [4.69, 9.17) is 5.11 Å². The molecule has 1 fully saturated rings. The molecule has 1 aliphatic carbocycles. The van der Waals surface area contributed by atoms with E-state index in [0.29, 0.717) is 6.61 Å². The maximum atomic E-state index is 8.90. The molecule has 90 valence electrons. The fraction of sp³-hybridized carbons (Fsp3) is 1.00. The molecule has 1 saturated carbocycles. The van der Waals surface area contributed by atoms with E-state index in [9.17, 15) is 0 Å². The van der Waals surface area contributed by atoms with E-state index < -0.39 is 0 Å². The van der Waals surface area contributed by atoms with Crippen molar-refractivity contribution in [1.82, 2.24) is 4.90 Å². The minimum absolute atomic E-state index is 0.286. The highest BCUT2D eigenvalue weighted by atomic mass is 32.1. The van der Waals surface area contributed by atoms with Gasteiger partial charge in [0.25, 0.3) is 0 Å². The van der Waals surface area contributed by atoms with Gasteiger partial charge in [-0.15, -0.1) is 0 Å². The number of aliphatic hydroxyl groups excluding tert-OH is 1. The maximum absolute atomic E-state index is 8.90. The van der Waals surface area contributed by atoms with Crippen LogP contribution in [-0.2, 0) is 0 Å². The van der Waals surface area contributed by atoms with Gasteiger partial charge >= 0.3 is 0 Å². The van der Waals surface area contributed by atoms with Gasteiger partial charge in [-0.25, -0.2) is 0 Å². The Kier molecular flexibility index (Phi) is 5.44. The highest BCUT2D eigenvalue weighted by Gasteiger charge is 2.28. The summed E-state index contributed by atoms with van der Waals surface area (Å²) >= 11 is 4.41. The number of hydrogen-bond acceptors (Lipinski definition) is 3. The molecule has 0 heterocycles. The van der Waals surface area contributed by atoms with Gasteiger partial charge < -0.3 is 5.11 Å². The van der Waals surface area contributed by atoms with E-state index in [-0.39, 0.29) is 5.41 Å². The van der Waals surface area contributed by atoms with Crippen molar-refractivity contribution in [1.29, 1.82) is 0 Å². The topological polar surface area (TPSA) is 23.5 Å². The summed E-state index contributed by atoms with van der Waals surface area (Å²) in [4.78, 5) is 2.55. The first-order valence-electron chi connectivity index (χ1n) is 6.05. The zero-order chi connectivity index (χ0) is 11.3. The van der Waals surface area contributed by atoms with Crippen molar-refractivity contribution in [3.8, 4) is 0 Å². The van der Waals surface area contributed by atoms with Gasteiger partial charge in [0.1, 0.15) is 0 Å². The normalized spacial score (nSPS) is 18.2. The maximum Gasteiger partial charge on any atom is 0.0443 e. The van der Waals surface area contributed by atoms with Crippen LogP contribution in [0.1, 0.15) is 39.5 Å². The van der Waals surface area contributed by atoms with Gasteiger partial charge in [0.15, 0.2) is 0 Å². The zero-order valence-corrected chi connectivity index (χ0v) is 11.0. The molecule has 1 rings (SSSR count). The van der Waals surface area contributed by atoms with Gasteiger partial charge in [-0.3, -0.25) is 4.90 Å². The molecule has 0 spiro atoms. The van der Waals surface area contributed by atoms with Crippen molar-refractivity contribution in [2.75, 3.05) is 25.4 Å². The SMILES string of the molecule is CC(C)(CS)CN(CCCO)C1CCC1. The second-order valence-corrected chi connectivity index (χ2v) is 5.77. The molecule has 0 unspecified atom stereocenters. The second-order valence-electron chi connectivity index (χ2n) is 5.45. The Labute approximate surface area is 99.5 Å². The first-order chi connectivity index (χ1) is 7.09. The standard InChI is InChI=1S/C12H25NOS/c1-12(2,10-15)9-13(7-4-8-14)11-5-3-6-11/h11,14-15H,3-10H2,1-2H3. The fourth-order valence-corrected chi connectivity index (χ4v) is 2.12. The van der Waals surface area contributed by atoms with E-state index in [1.807, 2.05) is 0 Å². The Morgan fingerprint density at radius 3 is 2.47 bits per heavy atom. The van der Waals surface area contributed by atoms with Gasteiger partial charge in [0.05, 0.1) is 0 Å². The van der Waals surface area contributed by atoms with Crippen LogP contribution >= 0.6 is 12.6 Å². The van der Waals surface area contributed by atoms with Gasteiger partial charge in [0, 0.05) is 25.7 Å². The molecular weight excluding hydrogens is 206 g/mol. The first kappa shape index (κ1) is 13.3. The van der Waals surface area contributed by atoms with Crippen LogP contribution in [0, 0.1) is 5.41 Å². The van der Waals surface area contributed by atoms with Crippen molar-refractivity contribution in [2.45, 2.75) is 45.6 Å². The minimum atomic E-state index is 0.286. The smallest absolute Gasteiger partial charge is 0.0443 e. The number of rotatable bonds is 7. The molecule has 0 aromatic rings. The van der Waals surface area contributed by atoms with Crippen LogP contribution in [0.2, 0.25) is 0 Å². The number of thiol groups is 1. The van der Waals surface area contributed by atoms with Crippen LogP contribution in [0.15, 0.2) is 0 Å². The van der Waals surface area contributed by atoms with E-state index in [0.717, 1.165) is 31.3 Å². The third kappa shape index (κ3) is 4.33. The van der Waals surface area contributed by atoms with E-state index in [2.05, 4.69) is 31.4 Å². The molecule has 0 amide bonds. The summed E-state index contributed by atoms with van der Waals surface area (Å²) in [6.45, 7) is 7.00. The van der Waals surface area contributed by atoms with Crippen LogP contribution in [0.4, 0.5) is 0 Å². The summed E-state index contributed by atoms with van der Waals surface area (Å²) in [6, 6.07) is 0.774. The molecule has 0 atom stereocenters.